The molecule has 4 rings (SSSR count). The van der Waals surface area contributed by atoms with Gasteiger partial charge in [0, 0.05) is 18.5 Å². The molecule has 3 aromatic rings. The Morgan fingerprint density at radius 2 is 1.94 bits per heavy atom. The van der Waals surface area contributed by atoms with E-state index >= 15 is 0 Å². The van der Waals surface area contributed by atoms with Crippen LogP contribution in [0.15, 0.2) is 47.3 Å². The summed E-state index contributed by atoms with van der Waals surface area (Å²) in [6.45, 7) is 3.51. The SMILES string of the molecule is CC(=O)c1ccccc1NC(=O)[C@H](C)OC(=O)c1ccc2c(=O)n3c(nc2c1)CCC3. The van der Waals surface area contributed by atoms with Crippen molar-refractivity contribution >= 4 is 34.3 Å². The molecule has 0 radical (unpaired) electrons. The molecule has 158 valence electrons. The van der Waals surface area contributed by atoms with Crippen molar-refractivity contribution in [3.8, 4) is 0 Å². The summed E-state index contributed by atoms with van der Waals surface area (Å²) in [5.74, 6) is -0.740. The third-order valence-corrected chi connectivity index (χ3v) is 5.27. The predicted octanol–water partition coefficient (Wildman–Crippen LogP) is 2.73. The van der Waals surface area contributed by atoms with Crippen molar-refractivity contribution in [1.29, 1.82) is 0 Å². The molecular formula is C23H21N3O5. The van der Waals surface area contributed by atoms with Crippen LogP contribution < -0.4 is 10.9 Å². The standard InChI is InChI=1S/C23H21N3O5/c1-13(27)16-6-3-4-7-18(16)25-21(28)14(2)31-23(30)15-9-10-17-19(12-15)24-20-8-5-11-26(20)22(17)29/h3-4,6-7,9-10,12,14H,5,8,11H2,1-2H3,(H,25,28)/t14-/m0/s1. The lowest BCUT2D eigenvalue weighted by Gasteiger charge is -2.15. The molecule has 1 aliphatic heterocycles. The van der Waals surface area contributed by atoms with Crippen LogP contribution in [0.1, 0.15) is 46.8 Å². The van der Waals surface area contributed by atoms with E-state index in [9.17, 15) is 19.2 Å². The number of benzene rings is 2. The first-order chi connectivity index (χ1) is 14.8. The summed E-state index contributed by atoms with van der Waals surface area (Å²) < 4.78 is 6.95. The summed E-state index contributed by atoms with van der Waals surface area (Å²) in [6, 6.07) is 11.2. The van der Waals surface area contributed by atoms with Gasteiger partial charge in [-0.1, -0.05) is 12.1 Å². The first kappa shape index (κ1) is 20.5. The Balaban J connectivity index is 1.51. The highest BCUT2D eigenvalue weighted by molar-refractivity contribution is 6.05. The van der Waals surface area contributed by atoms with Crippen molar-refractivity contribution < 1.29 is 19.1 Å². The van der Waals surface area contributed by atoms with Crippen molar-refractivity contribution in [2.45, 2.75) is 39.3 Å². The minimum absolute atomic E-state index is 0.116. The Hall–Kier alpha value is -3.81. The normalized spacial score (nSPS) is 13.5. The molecule has 8 heteroatoms. The molecule has 0 aliphatic carbocycles. The van der Waals surface area contributed by atoms with E-state index in [2.05, 4.69) is 10.3 Å². The minimum atomic E-state index is -1.10. The number of rotatable bonds is 5. The van der Waals surface area contributed by atoms with Crippen molar-refractivity contribution in [3.63, 3.8) is 0 Å². The molecule has 1 amide bonds. The first-order valence-corrected chi connectivity index (χ1v) is 10.0. The zero-order valence-electron chi connectivity index (χ0n) is 17.2. The molecule has 1 aliphatic rings. The number of amides is 1. The van der Waals surface area contributed by atoms with Crippen LogP contribution >= 0.6 is 0 Å². The summed E-state index contributed by atoms with van der Waals surface area (Å²) in [4.78, 5) is 53.8. The number of hydrogen-bond acceptors (Lipinski definition) is 6. The van der Waals surface area contributed by atoms with E-state index in [1.54, 1.807) is 34.9 Å². The van der Waals surface area contributed by atoms with Gasteiger partial charge in [-0.3, -0.25) is 19.0 Å². The fourth-order valence-corrected chi connectivity index (χ4v) is 3.63. The van der Waals surface area contributed by atoms with Gasteiger partial charge in [-0.15, -0.1) is 0 Å². The molecule has 0 saturated heterocycles. The number of ether oxygens (including phenoxy) is 1. The van der Waals surface area contributed by atoms with Crippen molar-refractivity contribution in [2.75, 3.05) is 5.32 Å². The number of aromatic nitrogens is 2. The summed E-state index contributed by atoms with van der Waals surface area (Å²) in [5.41, 5.74) is 1.24. The molecule has 31 heavy (non-hydrogen) atoms. The van der Waals surface area contributed by atoms with Gasteiger partial charge in [0.1, 0.15) is 5.82 Å². The van der Waals surface area contributed by atoms with Crippen LogP contribution in [-0.4, -0.2) is 33.3 Å². The van der Waals surface area contributed by atoms with Gasteiger partial charge < -0.3 is 10.1 Å². The lowest BCUT2D eigenvalue weighted by Crippen LogP contribution is -2.30. The highest BCUT2D eigenvalue weighted by Gasteiger charge is 2.22. The number of carbonyl (C=O) groups is 3. The Kier molecular flexibility index (Phi) is 5.37. The maximum Gasteiger partial charge on any atom is 0.338 e. The van der Waals surface area contributed by atoms with E-state index in [-0.39, 0.29) is 16.9 Å². The van der Waals surface area contributed by atoms with Gasteiger partial charge in [0.2, 0.25) is 0 Å². The summed E-state index contributed by atoms with van der Waals surface area (Å²) >= 11 is 0. The zero-order chi connectivity index (χ0) is 22.1. The Bertz CT molecular complexity index is 1280. The highest BCUT2D eigenvalue weighted by atomic mass is 16.5. The molecule has 1 N–H and O–H groups in total. The molecule has 0 fully saturated rings. The van der Waals surface area contributed by atoms with E-state index in [0.717, 1.165) is 12.8 Å². The molecule has 0 saturated carbocycles. The second-order valence-electron chi connectivity index (χ2n) is 7.46. The largest absolute Gasteiger partial charge is 0.449 e. The predicted molar refractivity (Wildman–Crippen MR) is 114 cm³/mol. The van der Waals surface area contributed by atoms with Gasteiger partial charge in [0.15, 0.2) is 11.9 Å². The van der Waals surface area contributed by atoms with Gasteiger partial charge in [0.05, 0.1) is 22.2 Å². The molecular weight excluding hydrogens is 398 g/mol. The maximum atomic E-state index is 12.6. The number of Topliss-reactive ketones (excluding diaryl/α,β-unsaturated/α-hetero) is 1. The number of esters is 1. The van der Waals surface area contributed by atoms with Gasteiger partial charge >= 0.3 is 5.97 Å². The highest BCUT2D eigenvalue weighted by Crippen LogP contribution is 2.18. The van der Waals surface area contributed by atoms with Gasteiger partial charge in [-0.2, -0.15) is 0 Å². The quantitative estimate of drug-likeness (QED) is 0.503. The van der Waals surface area contributed by atoms with Crippen molar-refractivity contribution in [1.82, 2.24) is 9.55 Å². The number of nitrogens with zero attached hydrogens (tertiary/aromatic N) is 2. The van der Waals surface area contributed by atoms with Gasteiger partial charge in [-0.25, -0.2) is 9.78 Å². The van der Waals surface area contributed by atoms with Crippen molar-refractivity contribution in [3.05, 3.63) is 69.8 Å². The molecule has 0 spiro atoms. The monoisotopic (exact) mass is 419 g/mol. The average Bonchev–Trinajstić information content (AvgIpc) is 3.22. The lowest BCUT2D eigenvalue weighted by molar-refractivity contribution is -0.123. The zero-order valence-corrected chi connectivity index (χ0v) is 17.2. The molecule has 0 unspecified atom stereocenters. The molecule has 0 bridgehead atoms. The molecule has 1 aromatic heterocycles. The second kappa shape index (κ2) is 8.14. The molecule has 1 atom stereocenters. The molecule has 2 aromatic carbocycles. The number of anilines is 1. The van der Waals surface area contributed by atoms with Gasteiger partial charge in [0.25, 0.3) is 11.5 Å². The number of hydrogen-bond donors (Lipinski definition) is 1. The number of ketones is 1. The third kappa shape index (κ3) is 3.96. The second-order valence-corrected chi connectivity index (χ2v) is 7.46. The topological polar surface area (TPSA) is 107 Å². The van der Waals surface area contributed by atoms with E-state index in [0.29, 0.717) is 34.5 Å². The fourth-order valence-electron chi connectivity index (χ4n) is 3.63. The van der Waals surface area contributed by atoms with Crippen LogP contribution in [0.3, 0.4) is 0 Å². The van der Waals surface area contributed by atoms with Crippen molar-refractivity contribution in [2.24, 2.45) is 0 Å². The Morgan fingerprint density at radius 1 is 1.16 bits per heavy atom. The van der Waals surface area contributed by atoms with Crippen LogP contribution in [-0.2, 0) is 22.5 Å². The summed E-state index contributed by atoms with van der Waals surface area (Å²) in [6.07, 6.45) is 0.493. The summed E-state index contributed by atoms with van der Waals surface area (Å²) in [7, 11) is 0. The smallest absolute Gasteiger partial charge is 0.338 e. The van der Waals surface area contributed by atoms with E-state index in [4.69, 9.17) is 4.74 Å². The molecule has 8 nitrogen and oxygen atoms in total. The number of aryl methyl sites for hydroxylation is 1. The average molecular weight is 419 g/mol. The minimum Gasteiger partial charge on any atom is -0.449 e. The molecule has 2 heterocycles. The van der Waals surface area contributed by atoms with Crippen LogP contribution in [0.4, 0.5) is 5.69 Å². The number of fused-ring (bicyclic) bond motifs is 2. The van der Waals surface area contributed by atoms with E-state index in [1.165, 1.54) is 26.0 Å². The van der Waals surface area contributed by atoms with Crippen LogP contribution in [0.25, 0.3) is 10.9 Å². The van der Waals surface area contributed by atoms with Crippen LogP contribution in [0.5, 0.6) is 0 Å². The van der Waals surface area contributed by atoms with Crippen LogP contribution in [0, 0.1) is 0 Å². The Labute approximate surface area is 177 Å². The number of carbonyl (C=O) groups excluding carboxylic acids is 3. The Morgan fingerprint density at radius 3 is 2.71 bits per heavy atom. The third-order valence-electron chi connectivity index (χ3n) is 5.27. The van der Waals surface area contributed by atoms with E-state index < -0.39 is 18.0 Å². The van der Waals surface area contributed by atoms with Gasteiger partial charge in [-0.05, 0) is 50.6 Å². The first-order valence-electron chi connectivity index (χ1n) is 10.0. The lowest BCUT2D eigenvalue weighted by atomic mass is 10.1. The summed E-state index contributed by atoms with van der Waals surface area (Å²) in [5, 5.41) is 3.06. The van der Waals surface area contributed by atoms with E-state index in [1.807, 2.05) is 0 Å². The fraction of sp³-hybridized carbons (Fsp3) is 0.261. The maximum absolute atomic E-state index is 12.6. The number of para-hydroxylation sites is 1. The number of nitrogens with one attached hydrogen (secondary N) is 1. The van der Waals surface area contributed by atoms with Crippen LogP contribution in [0.2, 0.25) is 0 Å².